The van der Waals surface area contributed by atoms with Crippen molar-refractivity contribution in [3.05, 3.63) is 58.6 Å². The van der Waals surface area contributed by atoms with Crippen LogP contribution in [0.1, 0.15) is 20.9 Å². The van der Waals surface area contributed by atoms with E-state index in [0.29, 0.717) is 22.0 Å². The van der Waals surface area contributed by atoms with Crippen LogP contribution in [0.15, 0.2) is 47.4 Å². The number of nitrogens with one attached hydrogen (secondary N) is 2. The first-order valence-electron chi connectivity index (χ1n) is 8.84. The fourth-order valence-electron chi connectivity index (χ4n) is 2.72. The minimum atomic E-state index is -3.84. The molecule has 0 atom stereocenters. The molecule has 158 valence electrons. The lowest BCUT2D eigenvalue weighted by Crippen LogP contribution is -2.12. The fourth-order valence-corrected chi connectivity index (χ4v) is 4.82. The van der Waals surface area contributed by atoms with E-state index in [1.54, 1.807) is 44.4 Å². The Labute approximate surface area is 178 Å². The second-order valence-electron chi connectivity index (χ2n) is 6.35. The molecule has 3 rings (SSSR count). The van der Waals surface area contributed by atoms with Crippen LogP contribution >= 0.6 is 11.3 Å². The number of ether oxygens (including phenoxy) is 2. The largest absolute Gasteiger partial charge is 0.497 e. The molecule has 10 heteroatoms. The molecule has 2 aromatic carbocycles. The van der Waals surface area contributed by atoms with Gasteiger partial charge >= 0.3 is 0 Å². The first-order valence-corrected chi connectivity index (χ1v) is 11.1. The molecule has 0 fully saturated rings. The number of rotatable bonds is 7. The molecule has 1 aromatic heterocycles. The number of carbonyl (C=O) groups is 1. The maximum absolute atomic E-state index is 12.7. The molecule has 0 unspecified atom stereocenters. The number of carbonyl (C=O) groups excluding carboxylic acids is 1. The first kappa shape index (κ1) is 21.6. The Balaban J connectivity index is 1.77. The lowest BCUT2D eigenvalue weighted by atomic mass is 10.2. The minimum Gasteiger partial charge on any atom is -0.497 e. The average Bonchev–Trinajstić information content (AvgIpc) is 3.07. The third-order valence-corrected chi connectivity index (χ3v) is 6.80. The third kappa shape index (κ3) is 4.71. The Kier molecular flexibility index (Phi) is 6.28. The monoisotopic (exact) mass is 447 g/mol. The van der Waals surface area contributed by atoms with Crippen molar-refractivity contribution in [2.24, 2.45) is 0 Å². The number of hydrogen-bond acceptors (Lipinski definition) is 7. The quantitative estimate of drug-likeness (QED) is 0.570. The minimum absolute atomic E-state index is 0.0656. The van der Waals surface area contributed by atoms with E-state index in [4.69, 9.17) is 9.47 Å². The van der Waals surface area contributed by atoms with Gasteiger partial charge in [-0.05, 0) is 61.9 Å². The highest BCUT2D eigenvalue weighted by Crippen LogP contribution is 2.27. The fraction of sp³-hybridized carbons (Fsp3) is 0.200. The molecule has 0 bridgehead atoms. The zero-order valence-electron chi connectivity index (χ0n) is 16.8. The lowest BCUT2D eigenvalue weighted by molar-refractivity contribution is 0.103. The number of amides is 1. The number of thiazole rings is 1. The molecular formula is C20H21N3O5S2. The van der Waals surface area contributed by atoms with E-state index in [2.05, 4.69) is 15.0 Å². The Bertz CT molecular complexity index is 1170. The maximum atomic E-state index is 12.7. The second-order valence-corrected chi connectivity index (χ2v) is 9.03. The molecule has 2 N–H and O–H groups in total. The van der Waals surface area contributed by atoms with Gasteiger partial charge in [-0.1, -0.05) is 11.3 Å². The Morgan fingerprint density at radius 3 is 2.33 bits per heavy atom. The van der Waals surface area contributed by atoms with Crippen LogP contribution in [-0.2, 0) is 10.0 Å². The van der Waals surface area contributed by atoms with Crippen LogP contribution in [-0.4, -0.2) is 33.5 Å². The van der Waals surface area contributed by atoms with Crippen molar-refractivity contribution in [3.63, 3.8) is 0 Å². The molecule has 0 saturated heterocycles. The second kappa shape index (κ2) is 8.72. The Morgan fingerprint density at radius 2 is 1.73 bits per heavy atom. The summed E-state index contributed by atoms with van der Waals surface area (Å²) in [4.78, 5) is 17.2. The number of anilines is 2. The van der Waals surface area contributed by atoms with E-state index in [-0.39, 0.29) is 15.9 Å². The van der Waals surface area contributed by atoms with E-state index in [9.17, 15) is 13.2 Å². The summed E-state index contributed by atoms with van der Waals surface area (Å²) in [5.74, 6) is 0.897. The number of methoxy groups -OCH3 is 2. The van der Waals surface area contributed by atoms with Gasteiger partial charge < -0.3 is 14.8 Å². The van der Waals surface area contributed by atoms with Gasteiger partial charge in [-0.3, -0.25) is 9.52 Å². The van der Waals surface area contributed by atoms with E-state index in [1.165, 1.54) is 19.2 Å². The van der Waals surface area contributed by atoms with Crippen LogP contribution < -0.4 is 19.5 Å². The molecule has 30 heavy (non-hydrogen) atoms. The number of benzene rings is 2. The summed E-state index contributed by atoms with van der Waals surface area (Å²) < 4.78 is 37.8. The summed E-state index contributed by atoms with van der Waals surface area (Å²) in [6.45, 7) is 3.52. The van der Waals surface area contributed by atoms with E-state index in [1.807, 2.05) is 6.92 Å². The summed E-state index contributed by atoms with van der Waals surface area (Å²) in [6, 6.07) is 11.3. The number of sulfonamides is 1. The molecular weight excluding hydrogens is 426 g/mol. The molecule has 0 aliphatic heterocycles. The summed E-state index contributed by atoms with van der Waals surface area (Å²) in [6.07, 6.45) is 0. The molecule has 0 aliphatic rings. The van der Waals surface area contributed by atoms with Crippen molar-refractivity contribution in [2.75, 3.05) is 24.3 Å². The summed E-state index contributed by atoms with van der Waals surface area (Å²) in [7, 11) is -0.764. The summed E-state index contributed by atoms with van der Waals surface area (Å²) >= 11 is 0.965. The number of aromatic nitrogens is 1. The normalized spacial score (nSPS) is 11.1. The van der Waals surface area contributed by atoms with Crippen LogP contribution in [0.5, 0.6) is 11.5 Å². The third-order valence-electron chi connectivity index (χ3n) is 4.25. The van der Waals surface area contributed by atoms with Crippen LogP contribution in [0.3, 0.4) is 0 Å². The van der Waals surface area contributed by atoms with Gasteiger partial charge in [0, 0.05) is 5.69 Å². The Morgan fingerprint density at radius 1 is 1.03 bits per heavy atom. The van der Waals surface area contributed by atoms with Gasteiger partial charge in [0.05, 0.1) is 24.8 Å². The standard InChI is InChI=1S/C20H21N3O5S2/c1-12-11-14(5-10-17(12)28-4)22-19(24)18-13(2)21-20(29-18)23-30(25,26)16-8-6-15(27-3)7-9-16/h5-11H,1-4H3,(H,21,23)(H,22,24). The van der Waals surface area contributed by atoms with Crippen LogP contribution in [0.2, 0.25) is 0 Å². The molecule has 1 heterocycles. The highest BCUT2D eigenvalue weighted by molar-refractivity contribution is 7.93. The van der Waals surface area contributed by atoms with Gasteiger partial charge in [-0.15, -0.1) is 0 Å². The Hall–Kier alpha value is -3.11. The smallest absolute Gasteiger partial charge is 0.267 e. The topological polar surface area (TPSA) is 107 Å². The predicted molar refractivity (Wildman–Crippen MR) is 116 cm³/mol. The van der Waals surface area contributed by atoms with Gasteiger partial charge in [0.2, 0.25) is 0 Å². The molecule has 0 radical (unpaired) electrons. The van der Waals surface area contributed by atoms with Gasteiger partial charge in [0.1, 0.15) is 16.4 Å². The van der Waals surface area contributed by atoms with E-state index < -0.39 is 10.0 Å². The molecule has 0 aliphatic carbocycles. The number of aryl methyl sites for hydroxylation is 2. The van der Waals surface area contributed by atoms with Crippen LogP contribution in [0.25, 0.3) is 0 Å². The zero-order valence-corrected chi connectivity index (χ0v) is 18.5. The summed E-state index contributed by atoms with van der Waals surface area (Å²) in [5, 5.41) is 2.91. The maximum Gasteiger partial charge on any atom is 0.267 e. The highest BCUT2D eigenvalue weighted by atomic mass is 32.2. The molecule has 0 spiro atoms. The number of nitrogens with zero attached hydrogens (tertiary/aromatic N) is 1. The number of hydrogen-bond donors (Lipinski definition) is 2. The molecule has 0 saturated carbocycles. The van der Waals surface area contributed by atoms with E-state index >= 15 is 0 Å². The van der Waals surface area contributed by atoms with Crippen molar-refractivity contribution in [2.45, 2.75) is 18.7 Å². The van der Waals surface area contributed by atoms with E-state index in [0.717, 1.165) is 22.6 Å². The first-order chi connectivity index (χ1) is 14.2. The summed E-state index contributed by atoms with van der Waals surface area (Å²) in [5.41, 5.74) is 1.91. The van der Waals surface area contributed by atoms with Crippen LogP contribution in [0.4, 0.5) is 10.8 Å². The van der Waals surface area contributed by atoms with Crippen molar-refractivity contribution >= 4 is 38.1 Å². The van der Waals surface area contributed by atoms with Gasteiger partial charge in [-0.2, -0.15) is 0 Å². The van der Waals surface area contributed by atoms with Gasteiger partial charge in [0.25, 0.3) is 15.9 Å². The predicted octanol–water partition coefficient (Wildman–Crippen LogP) is 3.83. The van der Waals surface area contributed by atoms with Gasteiger partial charge in [0.15, 0.2) is 5.13 Å². The average molecular weight is 448 g/mol. The van der Waals surface area contributed by atoms with Crippen molar-refractivity contribution < 1.29 is 22.7 Å². The zero-order chi connectivity index (χ0) is 21.9. The van der Waals surface area contributed by atoms with Crippen LogP contribution in [0, 0.1) is 13.8 Å². The SMILES string of the molecule is COc1ccc(S(=O)(=O)Nc2nc(C)c(C(=O)Nc3ccc(OC)c(C)c3)s2)cc1. The van der Waals surface area contributed by atoms with Gasteiger partial charge in [-0.25, -0.2) is 13.4 Å². The molecule has 3 aromatic rings. The van der Waals surface area contributed by atoms with Crippen molar-refractivity contribution in [3.8, 4) is 11.5 Å². The highest BCUT2D eigenvalue weighted by Gasteiger charge is 2.20. The molecule has 8 nitrogen and oxygen atoms in total. The van der Waals surface area contributed by atoms with Crippen molar-refractivity contribution in [1.82, 2.24) is 4.98 Å². The molecule has 1 amide bonds. The lowest BCUT2D eigenvalue weighted by Gasteiger charge is -2.08. The van der Waals surface area contributed by atoms with Crippen molar-refractivity contribution in [1.29, 1.82) is 0 Å².